The Morgan fingerprint density at radius 2 is 1.88 bits per heavy atom. The average molecular weight is 331 g/mol. The summed E-state index contributed by atoms with van der Waals surface area (Å²) in [5.41, 5.74) is 4.62. The lowest BCUT2D eigenvalue weighted by Crippen LogP contribution is -2.36. The molecule has 0 unspecified atom stereocenters. The van der Waals surface area contributed by atoms with Crippen LogP contribution in [0.3, 0.4) is 0 Å². The molecule has 2 rings (SSSR count). The lowest BCUT2D eigenvalue weighted by Gasteiger charge is -2.07. The number of aromatic nitrogens is 2. The second-order valence-electron chi connectivity index (χ2n) is 4.62. The zero-order chi connectivity index (χ0) is 17.7. The number of carboxylic acids is 1. The fourth-order valence-electron chi connectivity index (χ4n) is 1.78. The Morgan fingerprint density at radius 3 is 2.42 bits per heavy atom. The average Bonchev–Trinajstić information content (AvgIpc) is 2.53. The number of nitrogens with one attached hydrogen (secondary N) is 3. The van der Waals surface area contributed by atoms with E-state index < -0.39 is 29.0 Å². The monoisotopic (exact) mass is 331 g/mol. The van der Waals surface area contributed by atoms with E-state index in [9.17, 15) is 19.2 Å². The van der Waals surface area contributed by atoms with Gasteiger partial charge >= 0.3 is 12.0 Å². The second-order valence-corrected chi connectivity index (χ2v) is 4.62. The molecule has 1 aromatic heterocycles. The molecule has 24 heavy (non-hydrogen) atoms. The van der Waals surface area contributed by atoms with Crippen LogP contribution >= 0.6 is 0 Å². The Kier molecular flexibility index (Phi) is 4.90. The number of anilines is 1. The number of nitrogens with two attached hydrogens (primary N) is 1. The number of hydrogen-bond acceptors (Lipinski definition) is 5. The molecule has 0 bridgehead atoms. The zero-order valence-corrected chi connectivity index (χ0v) is 12.2. The molecule has 10 nitrogen and oxygen atoms in total. The van der Waals surface area contributed by atoms with E-state index in [2.05, 4.69) is 20.6 Å². The third-order valence-electron chi connectivity index (χ3n) is 2.89. The van der Waals surface area contributed by atoms with Gasteiger partial charge in [0.2, 0.25) is 5.91 Å². The number of benzene rings is 1. The number of carbonyl (C=O) groups is 3. The predicted molar refractivity (Wildman–Crippen MR) is 83.5 cm³/mol. The summed E-state index contributed by atoms with van der Waals surface area (Å²) in [5.74, 6) is -1.63. The predicted octanol–water partition coefficient (Wildman–Crippen LogP) is -0.258. The van der Waals surface area contributed by atoms with Crippen LogP contribution in [0.1, 0.15) is 10.4 Å². The highest BCUT2D eigenvalue weighted by atomic mass is 16.4. The van der Waals surface area contributed by atoms with Crippen molar-refractivity contribution < 1.29 is 19.5 Å². The number of carboxylic acid groups (broad SMARTS) is 1. The highest BCUT2D eigenvalue weighted by Crippen LogP contribution is 2.17. The molecule has 0 aliphatic carbocycles. The lowest BCUT2D eigenvalue weighted by molar-refractivity contribution is -0.115. The van der Waals surface area contributed by atoms with E-state index >= 15 is 0 Å². The molecule has 0 atom stereocenters. The fraction of sp³-hybridized carbons (Fsp3) is 0.0714. The van der Waals surface area contributed by atoms with Crippen LogP contribution in [0.2, 0.25) is 0 Å². The van der Waals surface area contributed by atoms with Crippen molar-refractivity contribution in [3.63, 3.8) is 0 Å². The Morgan fingerprint density at radius 1 is 1.21 bits per heavy atom. The summed E-state index contributed by atoms with van der Waals surface area (Å²) in [4.78, 5) is 50.7. The van der Waals surface area contributed by atoms with Gasteiger partial charge in [-0.1, -0.05) is 0 Å². The topological polar surface area (TPSA) is 167 Å². The van der Waals surface area contributed by atoms with Gasteiger partial charge in [-0.3, -0.25) is 9.59 Å². The van der Waals surface area contributed by atoms with Crippen LogP contribution < -0.4 is 21.9 Å². The molecule has 0 fully saturated rings. The Labute approximate surface area is 134 Å². The SMILES string of the molecule is NC(=O)NCC(=O)Nc1ccc(-c2ncc(C(=O)O)c(=O)[nH]2)cc1. The number of nitrogens with zero attached hydrogens (tertiary/aromatic N) is 1. The first-order chi connectivity index (χ1) is 11.4. The maximum Gasteiger partial charge on any atom is 0.342 e. The van der Waals surface area contributed by atoms with Crippen molar-refractivity contribution in [2.24, 2.45) is 5.73 Å². The minimum Gasteiger partial charge on any atom is -0.477 e. The zero-order valence-electron chi connectivity index (χ0n) is 12.2. The first-order valence-corrected chi connectivity index (χ1v) is 6.63. The van der Waals surface area contributed by atoms with Crippen LogP contribution in [0.4, 0.5) is 10.5 Å². The molecule has 2 aromatic rings. The molecule has 0 aliphatic rings. The largest absolute Gasteiger partial charge is 0.477 e. The van der Waals surface area contributed by atoms with E-state index in [1.54, 1.807) is 24.3 Å². The van der Waals surface area contributed by atoms with Crippen molar-refractivity contribution in [1.82, 2.24) is 15.3 Å². The molecule has 6 N–H and O–H groups in total. The van der Waals surface area contributed by atoms with E-state index in [1.165, 1.54) is 0 Å². The number of rotatable bonds is 5. The molecule has 0 spiro atoms. The van der Waals surface area contributed by atoms with Gasteiger partial charge in [0.25, 0.3) is 5.56 Å². The van der Waals surface area contributed by atoms with Crippen molar-refractivity contribution in [3.05, 3.63) is 46.4 Å². The van der Waals surface area contributed by atoms with Gasteiger partial charge in [-0.25, -0.2) is 14.6 Å². The van der Waals surface area contributed by atoms with Crippen LogP contribution in [-0.2, 0) is 4.79 Å². The van der Waals surface area contributed by atoms with Crippen molar-refractivity contribution >= 4 is 23.6 Å². The molecule has 124 valence electrons. The Balaban J connectivity index is 2.11. The van der Waals surface area contributed by atoms with Gasteiger partial charge in [0, 0.05) is 17.4 Å². The van der Waals surface area contributed by atoms with Crippen LogP contribution in [0.15, 0.2) is 35.3 Å². The maximum absolute atomic E-state index is 11.6. The van der Waals surface area contributed by atoms with Gasteiger partial charge in [-0.2, -0.15) is 0 Å². The molecule has 0 saturated heterocycles. The molecular formula is C14H13N5O5. The van der Waals surface area contributed by atoms with Crippen LogP contribution in [0.5, 0.6) is 0 Å². The van der Waals surface area contributed by atoms with Gasteiger partial charge in [0.05, 0.1) is 6.54 Å². The van der Waals surface area contributed by atoms with E-state index in [4.69, 9.17) is 10.8 Å². The van der Waals surface area contributed by atoms with Gasteiger partial charge in [0.1, 0.15) is 11.4 Å². The number of carbonyl (C=O) groups excluding carboxylic acids is 2. The van der Waals surface area contributed by atoms with Crippen molar-refractivity contribution in [3.8, 4) is 11.4 Å². The first kappa shape index (κ1) is 16.7. The number of urea groups is 1. The normalized spacial score (nSPS) is 10.0. The molecule has 3 amide bonds. The molecule has 10 heteroatoms. The lowest BCUT2D eigenvalue weighted by atomic mass is 10.2. The highest BCUT2D eigenvalue weighted by Gasteiger charge is 2.11. The summed E-state index contributed by atoms with van der Waals surface area (Å²) in [6.07, 6.45) is 0.974. The van der Waals surface area contributed by atoms with Crippen molar-refractivity contribution in [2.75, 3.05) is 11.9 Å². The van der Waals surface area contributed by atoms with Crippen molar-refractivity contribution in [1.29, 1.82) is 0 Å². The number of hydrogen-bond donors (Lipinski definition) is 5. The molecule has 0 radical (unpaired) electrons. The van der Waals surface area contributed by atoms with Crippen LogP contribution in [-0.4, -0.2) is 39.5 Å². The maximum atomic E-state index is 11.6. The van der Waals surface area contributed by atoms with Gasteiger partial charge < -0.3 is 26.5 Å². The van der Waals surface area contributed by atoms with E-state index in [0.29, 0.717) is 11.3 Å². The number of H-pyrrole nitrogens is 1. The number of aromatic carboxylic acids is 1. The summed E-state index contributed by atoms with van der Waals surface area (Å²) < 4.78 is 0. The van der Waals surface area contributed by atoms with Gasteiger partial charge in [0.15, 0.2) is 0 Å². The highest BCUT2D eigenvalue weighted by molar-refractivity contribution is 5.94. The summed E-state index contributed by atoms with van der Waals surface area (Å²) >= 11 is 0. The number of aromatic amines is 1. The summed E-state index contributed by atoms with van der Waals surface area (Å²) in [6.45, 7) is -0.261. The minimum atomic E-state index is -1.36. The van der Waals surface area contributed by atoms with E-state index in [0.717, 1.165) is 6.20 Å². The first-order valence-electron chi connectivity index (χ1n) is 6.63. The van der Waals surface area contributed by atoms with Crippen molar-refractivity contribution in [2.45, 2.75) is 0 Å². The summed E-state index contributed by atoms with van der Waals surface area (Å²) in [7, 11) is 0. The summed E-state index contributed by atoms with van der Waals surface area (Å²) in [5, 5.41) is 13.5. The Bertz CT molecular complexity index is 843. The van der Waals surface area contributed by atoms with E-state index in [1.807, 2.05) is 0 Å². The van der Waals surface area contributed by atoms with Crippen LogP contribution in [0, 0.1) is 0 Å². The van der Waals surface area contributed by atoms with Gasteiger partial charge in [-0.05, 0) is 24.3 Å². The Hall–Kier alpha value is -3.69. The molecule has 0 aliphatic heterocycles. The van der Waals surface area contributed by atoms with E-state index in [-0.39, 0.29) is 12.4 Å². The second kappa shape index (κ2) is 7.05. The minimum absolute atomic E-state index is 0.193. The smallest absolute Gasteiger partial charge is 0.342 e. The third-order valence-corrected chi connectivity index (χ3v) is 2.89. The summed E-state index contributed by atoms with van der Waals surface area (Å²) in [6, 6.07) is 5.47. The van der Waals surface area contributed by atoms with Gasteiger partial charge in [-0.15, -0.1) is 0 Å². The standard InChI is InChI=1S/C14H13N5O5/c15-14(24)17-6-10(20)18-8-3-1-7(2-4-8)11-16-5-9(13(22)23)12(21)19-11/h1-5H,6H2,(H,18,20)(H,22,23)(H3,15,17,24)(H,16,19,21). The molecule has 1 aromatic carbocycles. The quantitative estimate of drug-likeness (QED) is 0.506. The third kappa shape index (κ3) is 4.16. The number of amides is 3. The molecular weight excluding hydrogens is 318 g/mol. The molecule has 1 heterocycles. The fourth-order valence-corrected chi connectivity index (χ4v) is 1.78. The number of primary amides is 1. The van der Waals surface area contributed by atoms with Crippen LogP contribution in [0.25, 0.3) is 11.4 Å². The molecule has 0 saturated carbocycles.